The highest BCUT2D eigenvalue weighted by Crippen LogP contribution is 2.28. The van der Waals surface area contributed by atoms with Crippen molar-refractivity contribution in [2.75, 3.05) is 41.7 Å². The van der Waals surface area contributed by atoms with Gasteiger partial charge in [-0.2, -0.15) is 15.0 Å². The Balaban J connectivity index is 1.58. The largest absolute Gasteiger partial charge is 0.443 e. The molecular formula is C24H36N8O. The van der Waals surface area contributed by atoms with Gasteiger partial charge >= 0.3 is 0 Å². The minimum absolute atomic E-state index is 0.316. The van der Waals surface area contributed by atoms with Crippen LogP contribution < -0.4 is 20.9 Å². The lowest BCUT2D eigenvalue weighted by molar-refractivity contribution is 0.327. The predicted molar refractivity (Wildman–Crippen MR) is 133 cm³/mol. The number of fused-ring (bicyclic) bond motifs is 1. The number of rotatable bonds is 11. The van der Waals surface area contributed by atoms with Crippen LogP contribution in [0.2, 0.25) is 0 Å². The lowest BCUT2D eigenvalue weighted by Gasteiger charge is -2.28. The molecule has 33 heavy (non-hydrogen) atoms. The van der Waals surface area contributed by atoms with Gasteiger partial charge in [0.15, 0.2) is 12.0 Å². The van der Waals surface area contributed by atoms with Crippen LogP contribution >= 0.6 is 0 Å². The summed E-state index contributed by atoms with van der Waals surface area (Å²) in [5.41, 5.74) is 2.39. The number of likely N-dealkylation sites (N-methyl/N-ethyl adjacent to an activating group) is 2. The Bertz CT molecular complexity index is 1020. The lowest BCUT2D eigenvalue weighted by Crippen LogP contribution is -2.34. The summed E-state index contributed by atoms with van der Waals surface area (Å²) < 4.78 is 5.44. The summed E-state index contributed by atoms with van der Waals surface area (Å²) in [5.74, 6) is 2.45. The van der Waals surface area contributed by atoms with Gasteiger partial charge in [0.2, 0.25) is 17.8 Å². The zero-order valence-electron chi connectivity index (χ0n) is 20.0. The van der Waals surface area contributed by atoms with Crippen molar-refractivity contribution >= 4 is 34.6 Å². The first-order chi connectivity index (χ1) is 16.2. The molecule has 178 valence electrons. The molecular weight excluding hydrogens is 416 g/mol. The molecule has 0 radical (unpaired) electrons. The van der Waals surface area contributed by atoms with E-state index in [1.54, 1.807) is 0 Å². The van der Waals surface area contributed by atoms with Crippen LogP contribution in [0, 0.1) is 5.92 Å². The molecule has 1 aliphatic carbocycles. The number of benzene rings is 1. The molecule has 1 aromatic carbocycles. The van der Waals surface area contributed by atoms with Gasteiger partial charge in [-0.05, 0) is 51.3 Å². The number of oxazole rings is 1. The van der Waals surface area contributed by atoms with Crippen molar-refractivity contribution in [3.8, 4) is 0 Å². The summed E-state index contributed by atoms with van der Waals surface area (Å²) in [7, 11) is 0. The van der Waals surface area contributed by atoms with Gasteiger partial charge < -0.3 is 25.3 Å². The zero-order chi connectivity index (χ0) is 23.0. The van der Waals surface area contributed by atoms with E-state index in [1.807, 2.05) is 18.2 Å². The summed E-state index contributed by atoms with van der Waals surface area (Å²) in [5, 5.41) is 10.3. The van der Waals surface area contributed by atoms with Gasteiger partial charge in [-0.25, -0.2) is 4.98 Å². The maximum Gasteiger partial charge on any atom is 0.233 e. The first-order valence-corrected chi connectivity index (χ1v) is 12.2. The molecule has 0 saturated heterocycles. The molecule has 0 spiro atoms. The normalized spacial score (nSPS) is 15.5. The van der Waals surface area contributed by atoms with Gasteiger partial charge in [-0.3, -0.25) is 0 Å². The number of anilines is 4. The van der Waals surface area contributed by atoms with Gasteiger partial charge in [0.25, 0.3) is 0 Å². The van der Waals surface area contributed by atoms with Crippen LogP contribution in [0.15, 0.2) is 29.0 Å². The molecule has 4 rings (SSSR count). The Hall–Kier alpha value is -2.94. The van der Waals surface area contributed by atoms with Crippen LogP contribution in [-0.4, -0.2) is 52.2 Å². The first kappa shape index (κ1) is 23.2. The molecule has 3 aromatic rings. The molecule has 2 aromatic heterocycles. The number of hydrogen-bond donors (Lipinski definition) is 3. The molecule has 1 aliphatic rings. The molecule has 9 heteroatoms. The second-order valence-electron chi connectivity index (χ2n) is 8.71. The van der Waals surface area contributed by atoms with Crippen molar-refractivity contribution in [3.05, 3.63) is 24.6 Å². The van der Waals surface area contributed by atoms with Crippen molar-refractivity contribution < 1.29 is 4.42 Å². The molecule has 1 saturated carbocycles. The molecule has 3 N–H and O–H groups in total. The van der Waals surface area contributed by atoms with E-state index >= 15 is 0 Å². The highest BCUT2D eigenvalue weighted by molar-refractivity contribution is 5.77. The van der Waals surface area contributed by atoms with Gasteiger partial charge in [0.05, 0.1) is 0 Å². The Morgan fingerprint density at radius 2 is 1.91 bits per heavy atom. The maximum atomic E-state index is 5.44. The molecule has 2 heterocycles. The molecule has 1 fully saturated rings. The fraction of sp³-hybridized carbons (Fsp3) is 0.583. The number of nitrogens with one attached hydrogen (secondary N) is 3. The van der Waals surface area contributed by atoms with Crippen molar-refractivity contribution in [2.45, 2.75) is 58.9 Å². The monoisotopic (exact) mass is 452 g/mol. The van der Waals surface area contributed by atoms with Gasteiger partial charge in [0, 0.05) is 37.4 Å². The van der Waals surface area contributed by atoms with E-state index in [-0.39, 0.29) is 0 Å². The summed E-state index contributed by atoms with van der Waals surface area (Å²) in [6.45, 7) is 9.94. The van der Waals surface area contributed by atoms with E-state index in [1.165, 1.54) is 38.5 Å². The van der Waals surface area contributed by atoms with E-state index in [0.29, 0.717) is 29.8 Å². The van der Waals surface area contributed by atoms with Gasteiger partial charge in [0.1, 0.15) is 5.52 Å². The topological polar surface area (TPSA) is 104 Å². The van der Waals surface area contributed by atoms with Crippen LogP contribution in [-0.2, 0) is 0 Å². The summed E-state index contributed by atoms with van der Waals surface area (Å²) in [6, 6.07) is 6.10. The van der Waals surface area contributed by atoms with Gasteiger partial charge in [-0.15, -0.1) is 0 Å². The highest BCUT2D eigenvalue weighted by Gasteiger charge is 2.22. The van der Waals surface area contributed by atoms with Crippen molar-refractivity contribution in [2.24, 2.45) is 5.92 Å². The van der Waals surface area contributed by atoms with Crippen LogP contribution in [0.1, 0.15) is 52.9 Å². The minimum Gasteiger partial charge on any atom is -0.443 e. The summed E-state index contributed by atoms with van der Waals surface area (Å²) in [4.78, 5) is 20.6. The second-order valence-corrected chi connectivity index (χ2v) is 8.71. The predicted octanol–water partition coefficient (Wildman–Crippen LogP) is 4.57. The third-order valence-corrected chi connectivity index (χ3v) is 6.40. The third kappa shape index (κ3) is 6.10. The molecule has 0 aliphatic heterocycles. The molecule has 9 nitrogen and oxygen atoms in total. The third-order valence-electron chi connectivity index (χ3n) is 6.40. The fourth-order valence-corrected chi connectivity index (χ4v) is 4.43. The van der Waals surface area contributed by atoms with E-state index in [4.69, 9.17) is 19.4 Å². The quantitative estimate of drug-likeness (QED) is 0.361. The SMILES string of the molecule is CCNCCN(CC)c1nc(Nc2ccc3ncoc3c2)nc(NC(C)C2CCCCC2)n1. The Morgan fingerprint density at radius 3 is 2.70 bits per heavy atom. The molecule has 0 bridgehead atoms. The fourth-order valence-electron chi connectivity index (χ4n) is 4.43. The number of nitrogens with zero attached hydrogens (tertiary/aromatic N) is 5. The van der Waals surface area contributed by atoms with Gasteiger partial charge in [-0.1, -0.05) is 26.2 Å². The van der Waals surface area contributed by atoms with Crippen LogP contribution in [0.4, 0.5) is 23.5 Å². The highest BCUT2D eigenvalue weighted by atomic mass is 16.3. The molecule has 1 atom stereocenters. The van der Waals surface area contributed by atoms with Crippen LogP contribution in [0.5, 0.6) is 0 Å². The maximum absolute atomic E-state index is 5.44. The lowest BCUT2D eigenvalue weighted by atomic mass is 9.85. The number of aromatic nitrogens is 4. The number of hydrogen-bond acceptors (Lipinski definition) is 9. The minimum atomic E-state index is 0.316. The molecule has 0 amide bonds. The average Bonchev–Trinajstić information content (AvgIpc) is 3.30. The zero-order valence-corrected chi connectivity index (χ0v) is 20.0. The Morgan fingerprint density at radius 1 is 1.09 bits per heavy atom. The van der Waals surface area contributed by atoms with E-state index in [0.717, 1.165) is 43.0 Å². The smallest absolute Gasteiger partial charge is 0.233 e. The van der Waals surface area contributed by atoms with E-state index < -0.39 is 0 Å². The second kappa shape index (κ2) is 11.3. The summed E-state index contributed by atoms with van der Waals surface area (Å²) in [6.07, 6.45) is 7.94. The van der Waals surface area contributed by atoms with E-state index in [9.17, 15) is 0 Å². The Labute approximate surface area is 195 Å². The first-order valence-electron chi connectivity index (χ1n) is 12.2. The van der Waals surface area contributed by atoms with Crippen molar-refractivity contribution in [1.29, 1.82) is 0 Å². The standard InChI is InChI=1S/C24H36N8O/c1-4-25-13-14-32(5-2)24-30-22(27-17(3)18-9-7-6-8-10-18)29-23(31-24)28-19-11-12-20-21(15-19)33-16-26-20/h11-12,15-18,25H,4-10,13-14H2,1-3H3,(H2,27,28,29,30,31). The summed E-state index contributed by atoms with van der Waals surface area (Å²) >= 11 is 0. The molecule has 1 unspecified atom stereocenters. The van der Waals surface area contributed by atoms with Crippen molar-refractivity contribution in [1.82, 2.24) is 25.3 Å². The Kier molecular flexibility index (Phi) is 7.93. The van der Waals surface area contributed by atoms with Crippen molar-refractivity contribution in [3.63, 3.8) is 0 Å². The van der Waals surface area contributed by atoms with E-state index in [2.05, 4.69) is 46.6 Å². The van der Waals surface area contributed by atoms with Crippen LogP contribution in [0.25, 0.3) is 11.1 Å². The van der Waals surface area contributed by atoms with Crippen LogP contribution in [0.3, 0.4) is 0 Å². The average molecular weight is 453 g/mol.